The maximum absolute atomic E-state index is 13.3. The molecule has 1 atom stereocenters. The Labute approximate surface area is 175 Å². The predicted octanol–water partition coefficient (Wildman–Crippen LogP) is 2.33. The molecule has 3 N–H and O–H groups in total. The second-order valence-corrected chi connectivity index (χ2v) is 8.05. The third-order valence-electron chi connectivity index (χ3n) is 4.01. The first-order valence-corrected chi connectivity index (χ1v) is 10.2. The summed E-state index contributed by atoms with van der Waals surface area (Å²) >= 11 is 0. The molecule has 0 radical (unpaired) electrons. The normalized spacial score (nSPS) is 11.9. The second kappa shape index (κ2) is 10.5. The fraction of sp³-hybridized carbons (Fsp3) is 0.222. The van der Waals surface area contributed by atoms with Gasteiger partial charge in [0.25, 0.3) is 5.91 Å². The SMILES string of the molecule is [N-]=[N+]=NC[C@H](CC(=O)O)NC(=O)c1ccc(CNS(=O)(=O)c2ccc(F)c(F)c2)cc1. The van der Waals surface area contributed by atoms with Gasteiger partial charge in [-0.2, -0.15) is 0 Å². The topological polar surface area (TPSA) is 161 Å². The minimum Gasteiger partial charge on any atom is -0.481 e. The summed E-state index contributed by atoms with van der Waals surface area (Å²) in [6, 6.07) is 7.00. The van der Waals surface area contributed by atoms with Gasteiger partial charge >= 0.3 is 5.97 Å². The van der Waals surface area contributed by atoms with Crippen LogP contribution in [0.2, 0.25) is 0 Å². The number of azide groups is 1. The van der Waals surface area contributed by atoms with Crippen LogP contribution in [0, 0.1) is 11.6 Å². The van der Waals surface area contributed by atoms with Crippen LogP contribution < -0.4 is 10.0 Å². The number of hydrogen-bond donors (Lipinski definition) is 3. The zero-order valence-corrected chi connectivity index (χ0v) is 16.6. The van der Waals surface area contributed by atoms with Gasteiger partial charge in [0.05, 0.1) is 11.3 Å². The molecule has 0 saturated carbocycles. The van der Waals surface area contributed by atoms with E-state index in [0.717, 1.165) is 6.07 Å². The van der Waals surface area contributed by atoms with E-state index in [1.165, 1.54) is 24.3 Å². The minimum atomic E-state index is -4.09. The number of hydrogen-bond acceptors (Lipinski definition) is 5. The lowest BCUT2D eigenvalue weighted by atomic mass is 10.1. The van der Waals surface area contributed by atoms with Gasteiger partial charge in [-0.1, -0.05) is 17.2 Å². The lowest BCUT2D eigenvalue weighted by molar-refractivity contribution is -0.137. The molecule has 164 valence electrons. The van der Waals surface area contributed by atoms with E-state index < -0.39 is 50.9 Å². The van der Waals surface area contributed by atoms with E-state index in [9.17, 15) is 26.8 Å². The molecule has 0 spiro atoms. The van der Waals surface area contributed by atoms with E-state index in [2.05, 4.69) is 20.1 Å². The van der Waals surface area contributed by atoms with E-state index in [4.69, 9.17) is 10.6 Å². The van der Waals surface area contributed by atoms with Gasteiger partial charge in [-0.3, -0.25) is 9.59 Å². The number of benzene rings is 2. The molecule has 0 unspecified atom stereocenters. The summed E-state index contributed by atoms with van der Waals surface area (Å²) in [6.07, 6.45) is -0.436. The molecule has 0 fully saturated rings. The Hall–Kier alpha value is -3.54. The summed E-state index contributed by atoms with van der Waals surface area (Å²) < 4.78 is 52.9. The van der Waals surface area contributed by atoms with Gasteiger partial charge in [0.2, 0.25) is 10.0 Å². The first-order chi connectivity index (χ1) is 14.6. The minimum absolute atomic E-state index is 0.170. The lowest BCUT2D eigenvalue weighted by Gasteiger charge is -2.14. The van der Waals surface area contributed by atoms with Crippen molar-refractivity contribution in [3.63, 3.8) is 0 Å². The molecule has 2 rings (SSSR count). The molecule has 0 aliphatic carbocycles. The summed E-state index contributed by atoms with van der Waals surface area (Å²) in [5.41, 5.74) is 8.99. The quantitative estimate of drug-likeness (QED) is 0.285. The molecular weight excluding hydrogens is 436 g/mol. The molecule has 0 aliphatic rings. The fourth-order valence-corrected chi connectivity index (χ4v) is 3.48. The summed E-state index contributed by atoms with van der Waals surface area (Å²) in [7, 11) is -4.09. The van der Waals surface area contributed by atoms with E-state index in [1.54, 1.807) is 0 Å². The summed E-state index contributed by atoms with van der Waals surface area (Å²) in [6.45, 7) is -0.417. The molecule has 1 amide bonds. The predicted molar refractivity (Wildman–Crippen MR) is 104 cm³/mol. The average molecular weight is 453 g/mol. The first kappa shape index (κ1) is 23.7. The summed E-state index contributed by atoms with van der Waals surface area (Å²) in [5.74, 6) is -4.24. The number of nitrogens with one attached hydrogen (secondary N) is 2. The molecule has 31 heavy (non-hydrogen) atoms. The Morgan fingerprint density at radius 2 is 1.81 bits per heavy atom. The van der Waals surface area contributed by atoms with Gasteiger partial charge in [0.15, 0.2) is 11.6 Å². The summed E-state index contributed by atoms with van der Waals surface area (Å²) in [5, 5.41) is 14.6. The van der Waals surface area contributed by atoms with Crippen LogP contribution in [0.5, 0.6) is 0 Å². The van der Waals surface area contributed by atoms with Crippen LogP contribution >= 0.6 is 0 Å². The van der Waals surface area contributed by atoms with Crippen molar-refractivity contribution >= 4 is 21.9 Å². The number of rotatable bonds is 10. The molecule has 2 aromatic carbocycles. The van der Waals surface area contributed by atoms with Crippen LogP contribution in [0.4, 0.5) is 8.78 Å². The van der Waals surface area contributed by atoms with Crippen molar-refractivity contribution in [2.45, 2.75) is 23.9 Å². The maximum atomic E-state index is 13.3. The highest BCUT2D eigenvalue weighted by molar-refractivity contribution is 7.89. The van der Waals surface area contributed by atoms with Crippen LogP contribution in [0.25, 0.3) is 10.4 Å². The number of carboxylic acids is 1. The van der Waals surface area contributed by atoms with Gasteiger partial charge in [0, 0.05) is 29.6 Å². The standard InChI is InChI=1S/C18H17F2N5O5S/c19-15-6-5-14(8-16(15)20)31(29,30)23-9-11-1-3-12(4-2-11)18(28)24-13(7-17(26)27)10-22-25-21/h1-6,8,13,23H,7,9-10H2,(H,24,28)(H,26,27)/t13-/m0/s1. The van der Waals surface area contributed by atoms with Crippen molar-refractivity contribution in [3.05, 3.63) is 75.7 Å². The fourth-order valence-electron chi connectivity index (χ4n) is 2.46. The third-order valence-corrected chi connectivity index (χ3v) is 5.40. The number of carbonyl (C=O) groups is 2. The van der Waals surface area contributed by atoms with Crippen LogP contribution in [-0.2, 0) is 21.4 Å². The average Bonchev–Trinajstić information content (AvgIpc) is 2.72. The number of carboxylic acid groups (broad SMARTS) is 1. The van der Waals surface area contributed by atoms with Gasteiger partial charge in [-0.15, -0.1) is 0 Å². The van der Waals surface area contributed by atoms with E-state index in [0.29, 0.717) is 17.7 Å². The smallest absolute Gasteiger partial charge is 0.305 e. The van der Waals surface area contributed by atoms with Gasteiger partial charge < -0.3 is 10.4 Å². The molecular formula is C18H17F2N5O5S. The largest absolute Gasteiger partial charge is 0.481 e. The van der Waals surface area contributed by atoms with Crippen molar-refractivity contribution in [2.75, 3.05) is 6.54 Å². The Balaban J connectivity index is 2.02. The monoisotopic (exact) mass is 453 g/mol. The Morgan fingerprint density at radius 3 is 2.39 bits per heavy atom. The number of aliphatic carboxylic acids is 1. The van der Waals surface area contributed by atoms with Crippen LogP contribution in [-0.4, -0.2) is 38.0 Å². The van der Waals surface area contributed by atoms with E-state index in [-0.39, 0.29) is 18.7 Å². The van der Waals surface area contributed by atoms with Gasteiger partial charge in [0.1, 0.15) is 0 Å². The first-order valence-electron chi connectivity index (χ1n) is 8.69. The Morgan fingerprint density at radius 1 is 1.13 bits per heavy atom. The van der Waals surface area contributed by atoms with Crippen LogP contribution in [0.1, 0.15) is 22.3 Å². The van der Waals surface area contributed by atoms with Crippen LogP contribution in [0.15, 0.2) is 52.5 Å². The number of halogens is 2. The van der Waals surface area contributed by atoms with Gasteiger partial charge in [-0.05, 0) is 41.4 Å². The van der Waals surface area contributed by atoms with Crippen molar-refractivity contribution in [1.82, 2.24) is 10.0 Å². The van der Waals surface area contributed by atoms with Crippen molar-refractivity contribution in [1.29, 1.82) is 0 Å². The molecule has 0 aliphatic heterocycles. The molecule has 0 bridgehead atoms. The number of sulfonamides is 1. The van der Waals surface area contributed by atoms with Crippen LogP contribution in [0.3, 0.4) is 0 Å². The van der Waals surface area contributed by atoms with Crippen molar-refractivity contribution < 1.29 is 31.9 Å². The zero-order valence-electron chi connectivity index (χ0n) is 15.8. The number of carbonyl (C=O) groups excluding carboxylic acids is 1. The maximum Gasteiger partial charge on any atom is 0.305 e. The number of amides is 1. The zero-order chi connectivity index (χ0) is 23.0. The number of nitrogens with zero attached hydrogens (tertiary/aromatic N) is 3. The highest BCUT2D eigenvalue weighted by Gasteiger charge is 2.18. The highest BCUT2D eigenvalue weighted by atomic mass is 32.2. The highest BCUT2D eigenvalue weighted by Crippen LogP contribution is 2.14. The van der Waals surface area contributed by atoms with E-state index in [1.807, 2.05) is 0 Å². The lowest BCUT2D eigenvalue weighted by Crippen LogP contribution is -2.38. The molecule has 2 aromatic rings. The van der Waals surface area contributed by atoms with Crippen molar-refractivity contribution in [2.24, 2.45) is 5.11 Å². The molecule has 0 saturated heterocycles. The Bertz CT molecular complexity index is 1110. The second-order valence-electron chi connectivity index (χ2n) is 6.28. The molecule has 10 nitrogen and oxygen atoms in total. The molecule has 0 heterocycles. The molecule has 0 aromatic heterocycles. The summed E-state index contributed by atoms with van der Waals surface area (Å²) in [4.78, 5) is 25.2. The van der Waals surface area contributed by atoms with E-state index >= 15 is 0 Å². The third kappa shape index (κ3) is 7.03. The Kier molecular flexibility index (Phi) is 8.02. The van der Waals surface area contributed by atoms with Gasteiger partial charge in [-0.25, -0.2) is 21.9 Å². The molecule has 13 heteroatoms. The van der Waals surface area contributed by atoms with Crippen molar-refractivity contribution in [3.8, 4) is 0 Å².